The maximum absolute atomic E-state index is 12.4. The van der Waals surface area contributed by atoms with Crippen molar-refractivity contribution in [2.24, 2.45) is 5.92 Å². The summed E-state index contributed by atoms with van der Waals surface area (Å²) in [6.45, 7) is 11.6. The van der Waals surface area contributed by atoms with E-state index in [0.29, 0.717) is 26.2 Å². The van der Waals surface area contributed by atoms with Crippen LogP contribution in [-0.2, 0) is 28.5 Å². The fraction of sp³-hybridized carbons (Fsp3) is 0.938. The molecule has 1 atom stereocenters. The number of carbonyl (C=O) groups excluding carboxylic acids is 2. The van der Waals surface area contributed by atoms with Gasteiger partial charge in [-0.25, -0.2) is 4.79 Å². The molecule has 8 nitrogen and oxygen atoms in total. The molecule has 0 saturated carbocycles. The highest BCUT2D eigenvalue weighted by molar-refractivity contribution is 5.69. The Morgan fingerprint density at radius 3 is 1.82 bits per heavy atom. The summed E-state index contributed by atoms with van der Waals surface area (Å²) < 4.78 is 27.7. The Hall–Kier alpha value is -1.38. The summed E-state index contributed by atoms with van der Waals surface area (Å²) in [6.07, 6.45) is 17.5. The molecule has 1 heterocycles. The number of rotatable bonds is 27. The van der Waals surface area contributed by atoms with Crippen LogP contribution in [0.25, 0.3) is 0 Å². The molecule has 1 rings (SSSR count). The molecule has 1 saturated heterocycles. The summed E-state index contributed by atoms with van der Waals surface area (Å²) in [6, 6.07) is 0. The first kappa shape index (κ1) is 36.6. The second-order valence-corrected chi connectivity index (χ2v) is 11.3. The van der Waals surface area contributed by atoms with Crippen molar-refractivity contribution in [1.29, 1.82) is 0 Å². The van der Waals surface area contributed by atoms with Gasteiger partial charge in [0.2, 0.25) is 0 Å². The number of unbranched alkanes of at least 4 members (excludes halogenated alkanes) is 10. The minimum absolute atomic E-state index is 0.107. The fourth-order valence-corrected chi connectivity index (χ4v) is 4.70. The highest BCUT2D eigenvalue weighted by Gasteiger charge is 2.16. The summed E-state index contributed by atoms with van der Waals surface area (Å²) in [5, 5.41) is 0. The van der Waals surface area contributed by atoms with Gasteiger partial charge < -0.3 is 28.6 Å². The second kappa shape index (κ2) is 26.5. The second-order valence-electron chi connectivity index (χ2n) is 11.3. The minimum Gasteiger partial charge on any atom is -0.465 e. The van der Waals surface area contributed by atoms with Crippen LogP contribution in [0.3, 0.4) is 0 Å². The van der Waals surface area contributed by atoms with E-state index in [-0.39, 0.29) is 37.8 Å². The van der Waals surface area contributed by atoms with E-state index in [9.17, 15) is 9.59 Å². The Kier molecular flexibility index (Phi) is 24.3. The van der Waals surface area contributed by atoms with Gasteiger partial charge in [-0.15, -0.1) is 0 Å². The highest BCUT2D eigenvalue weighted by atomic mass is 16.7. The van der Waals surface area contributed by atoms with Gasteiger partial charge >= 0.3 is 12.1 Å². The molecule has 0 N–H and O–H groups in total. The standard InChI is InChI=1S/C32H61NO7/c1-4-6-8-10-12-16-24-36-31(37-25-17-13-11-9-7-5-2)20-19-30(34)39-27-29(3)28-40-32(35)38-26-18-23-33-21-14-15-22-33/h29,31H,4-28H2,1-3H3. The molecule has 40 heavy (non-hydrogen) atoms. The van der Waals surface area contributed by atoms with Gasteiger partial charge in [-0.2, -0.15) is 0 Å². The number of carbonyl (C=O) groups is 2. The molecule has 8 heteroatoms. The topological polar surface area (TPSA) is 83.5 Å². The zero-order valence-electron chi connectivity index (χ0n) is 26.1. The van der Waals surface area contributed by atoms with Crippen molar-refractivity contribution in [3.05, 3.63) is 0 Å². The van der Waals surface area contributed by atoms with E-state index < -0.39 is 6.16 Å². The predicted octanol–water partition coefficient (Wildman–Crippen LogP) is 7.67. The van der Waals surface area contributed by atoms with Gasteiger partial charge in [0.25, 0.3) is 0 Å². The average Bonchev–Trinajstić information content (AvgIpc) is 3.48. The van der Waals surface area contributed by atoms with Gasteiger partial charge in [0.15, 0.2) is 6.29 Å². The van der Waals surface area contributed by atoms with Crippen molar-refractivity contribution in [2.75, 3.05) is 52.7 Å². The van der Waals surface area contributed by atoms with Crippen LogP contribution in [-0.4, -0.2) is 76.0 Å². The summed E-state index contributed by atoms with van der Waals surface area (Å²) in [7, 11) is 0. The lowest BCUT2D eigenvalue weighted by Gasteiger charge is -2.19. The van der Waals surface area contributed by atoms with Crippen molar-refractivity contribution in [1.82, 2.24) is 4.90 Å². The van der Waals surface area contributed by atoms with Crippen LogP contribution in [0.2, 0.25) is 0 Å². The van der Waals surface area contributed by atoms with Crippen LogP contribution in [0.1, 0.15) is 130 Å². The molecule has 0 amide bonds. The van der Waals surface area contributed by atoms with Crippen molar-refractivity contribution in [3.63, 3.8) is 0 Å². The molecule has 236 valence electrons. The molecular weight excluding hydrogens is 510 g/mol. The Bertz CT molecular complexity index is 580. The summed E-state index contributed by atoms with van der Waals surface area (Å²) >= 11 is 0. The van der Waals surface area contributed by atoms with Gasteiger partial charge in [0.05, 0.1) is 19.6 Å². The Morgan fingerprint density at radius 1 is 0.675 bits per heavy atom. The van der Waals surface area contributed by atoms with Crippen LogP contribution in [0, 0.1) is 5.92 Å². The number of likely N-dealkylation sites (tertiary alicyclic amines) is 1. The molecule has 0 aliphatic carbocycles. The van der Waals surface area contributed by atoms with E-state index in [4.69, 9.17) is 23.7 Å². The van der Waals surface area contributed by atoms with Crippen LogP contribution >= 0.6 is 0 Å². The molecule has 0 aromatic carbocycles. The zero-order chi connectivity index (χ0) is 29.1. The third-order valence-electron chi connectivity index (χ3n) is 7.24. The first-order valence-electron chi connectivity index (χ1n) is 16.5. The smallest absolute Gasteiger partial charge is 0.465 e. The minimum atomic E-state index is -0.660. The molecule has 0 aromatic heterocycles. The molecule has 0 aromatic rings. The molecule has 0 radical (unpaired) electrons. The average molecular weight is 572 g/mol. The Labute approximate surface area is 245 Å². The van der Waals surface area contributed by atoms with Gasteiger partial charge in [-0.3, -0.25) is 4.79 Å². The van der Waals surface area contributed by atoms with Crippen LogP contribution in [0.5, 0.6) is 0 Å². The summed E-state index contributed by atoms with van der Waals surface area (Å²) in [5.74, 6) is -0.391. The van der Waals surface area contributed by atoms with Crippen LogP contribution in [0.4, 0.5) is 4.79 Å². The number of hydrogen-bond donors (Lipinski definition) is 0. The third kappa shape index (κ3) is 22.3. The largest absolute Gasteiger partial charge is 0.508 e. The van der Waals surface area contributed by atoms with Gasteiger partial charge in [0.1, 0.15) is 6.61 Å². The lowest BCUT2D eigenvalue weighted by atomic mass is 10.1. The first-order valence-corrected chi connectivity index (χ1v) is 16.5. The maximum atomic E-state index is 12.4. The molecule has 1 fully saturated rings. The van der Waals surface area contributed by atoms with Gasteiger partial charge in [-0.1, -0.05) is 85.0 Å². The number of ether oxygens (including phenoxy) is 5. The van der Waals surface area contributed by atoms with Crippen molar-refractivity contribution in [3.8, 4) is 0 Å². The lowest BCUT2D eigenvalue weighted by Crippen LogP contribution is -2.23. The van der Waals surface area contributed by atoms with E-state index in [1.807, 2.05) is 6.92 Å². The van der Waals surface area contributed by atoms with Crippen LogP contribution in [0.15, 0.2) is 0 Å². The fourth-order valence-electron chi connectivity index (χ4n) is 4.70. The van der Waals surface area contributed by atoms with Crippen molar-refractivity contribution >= 4 is 12.1 Å². The third-order valence-corrected chi connectivity index (χ3v) is 7.24. The van der Waals surface area contributed by atoms with E-state index in [2.05, 4.69) is 18.7 Å². The summed E-state index contributed by atoms with van der Waals surface area (Å²) in [4.78, 5) is 26.6. The monoisotopic (exact) mass is 571 g/mol. The number of hydrogen-bond acceptors (Lipinski definition) is 8. The van der Waals surface area contributed by atoms with Crippen molar-refractivity contribution < 1.29 is 33.3 Å². The first-order chi connectivity index (χ1) is 19.5. The van der Waals surface area contributed by atoms with E-state index >= 15 is 0 Å². The van der Waals surface area contributed by atoms with Crippen molar-refractivity contribution in [2.45, 2.75) is 136 Å². The summed E-state index contributed by atoms with van der Waals surface area (Å²) in [5.41, 5.74) is 0. The maximum Gasteiger partial charge on any atom is 0.508 e. The number of nitrogens with zero attached hydrogens (tertiary/aromatic N) is 1. The van der Waals surface area contributed by atoms with E-state index in [1.54, 1.807) is 0 Å². The Balaban J connectivity index is 2.18. The normalized spacial score (nSPS) is 14.5. The molecule has 1 aliphatic rings. The molecule has 0 spiro atoms. The molecular formula is C32H61NO7. The van der Waals surface area contributed by atoms with E-state index in [0.717, 1.165) is 51.7 Å². The highest BCUT2D eigenvalue weighted by Crippen LogP contribution is 2.12. The predicted molar refractivity (Wildman–Crippen MR) is 159 cm³/mol. The Morgan fingerprint density at radius 2 is 1.23 bits per heavy atom. The van der Waals surface area contributed by atoms with Gasteiger partial charge in [0, 0.05) is 32.1 Å². The molecule has 1 unspecified atom stereocenters. The van der Waals surface area contributed by atoms with Gasteiger partial charge in [-0.05, 0) is 45.2 Å². The molecule has 0 bridgehead atoms. The quantitative estimate of drug-likeness (QED) is 0.0564. The van der Waals surface area contributed by atoms with E-state index in [1.165, 1.54) is 64.2 Å². The number of esters is 1. The molecule has 1 aliphatic heterocycles. The van der Waals surface area contributed by atoms with Crippen LogP contribution < -0.4 is 0 Å². The lowest BCUT2D eigenvalue weighted by molar-refractivity contribution is -0.160. The zero-order valence-corrected chi connectivity index (χ0v) is 26.1. The SMILES string of the molecule is CCCCCCCCOC(CCC(=O)OCC(C)COC(=O)OCCCN1CCCC1)OCCCCCCCC.